The molecule has 3 heteroatoms. The highest BCUT2D eigenvalue weighted by Crippen LogP contribution is 2.51. The van der Waals surface area contributed by atoms with E-state index in [1.807, 2.05) is 0 Å². The normalized spacial score (nSPS) is 27.6. The van der Waals surface area contributed by atoms with Gasteiger partial charge < -0.3 is 11.1 Å². The summed E-state index contributed by atoms with van der Waals surface area (Å²) in [4.78, 5) is 10.6. The van der Waals surface area contributed by atoms with Crippen molar-refractivity contribution in [3.05, 3.63) is 0 Å². The van der Waals surface area contributed by atoms with Gasteiger partial charge in [-0.3, -0.25) is 4.79 Å². The van der Waals surface area contributed by atoms with Crippen LogP contribution >= 0.6 is 0 Å². The topological polar surface area (TPSA) is 55.1 Å². The third-order valence-corrected chi connectivity index (χ3v) is 4.51. The third kappa shape index (κ3) is 2.57. The first-order valence-electron chi connectivity index (χ1n) is 6.75. The molecule has 2 fully saturated rings. The molecule has 16 heavy (non-hydrogen) atoms. The second-order valence-corrected chi connectivity index (χ2v) is 5.54. The summed E-state index contributed by atoms with van der Waals surface area (Å²) in [6.07, 6.45) is 11.3. The molecule has 3 N–H and O–H groups in total. The van der Waals surface area contributed by atoms with E-state index in [0.717, 1.165) is 19.0 Å². The maximum absolute atomic E-state index is 10.6. The smallest absolute Gasteiger partial charge is 0.217 e. The van der Waals surface area contributed by atoms with E-state index in [1.165, 1.54) is 44.9 Å². The minimum Gasteiger partial charge on any atom is -0.370 e. The molecule has 1 atom stereocenters. The zero-order valence-electron chi connectivity index (χ0n) is 10.1. The molecule has 0 aromatic carbocycles. The van der Waals surface area contributed by atoms with Crippen molar-refractivity contribution in [2.45, 2.75) is 63.8 Å². The van der Waals surface area contributed by atoms with Crippen molar-refractivity contribution >= 4 is 5.91 Å². The number of primary amides is 1. The van der Waals surface area contributed by atoms with Crippen molar-refractivity contribution in [2.24, 2.45) is 11.1 Å². The van der Waals surface area contributed by atoms with Gasteiger partial charge in [-0.05, 0) is 44.1 Å². The molecule has 1 amide bonds. The maximum Gasteiger partial charge on any atom is 0.217 e. The van der Waals surface area contributed by atoms with Crippen LogP contribution in [0.1, 0.15) is 57.8 Å². The summed E-state index contributed by atoms with van der Waals surface area (Å²) in [7, 11) is 0. The molecule has 2 aliphatic rings. The molecule has 2 saturated carbocycles. The number of nitrogens with one attached hydrogen (secondary N) is 1. The lowest BCUT2D eigenvalue weighted by molar-refractivity contribution is -0.118. The fourth-order valence-electron chi connectivity index (χ4n) is 3.41. The molecule has 92 valence electrons. The summed E-state index contributed by atoms with van der Waals surface area (Å²) in [6.45, 7) is 0.954. The van der Waals surface area contributed by atoms with Gasteiger partial charge in [-0.2, -0.15) is 0 Å². The molecule has 2 aliphatic carbocycles. The monoisotopic (exact) mass is 224 g/mol. The van der Waals surface area contributed by atoms with Crippen LogP contribution in [0.3, 0.4) is 0 Å². The first kappa shape index (κ1) is 11.9. The van der Waals surface area contributed by atoms with Crippen LogP contribution in [0.2, 0.25) is 0 Å². The second-order valence-electron chi connectivity index (χ2n) is 5.54. The van der Waals surface area contributed by atoms with Gasteiger partial charge in [0.15, 0.2) is 0 Å². The molecule has 0 aliphatic heterocycles. The third-order valence-electron chi connectivity index (χ3n) is 4.51. The Bertz CT molecular complexity index is 246. The van der Waals surface area contributed by atoms with E-state index < -0.39 is 0 Å². The Morgan fingerprint density at radius 3 is 2.56 bits per heavy atom. The van der Waals surface area contributed by atoms with Gasteiger partial charge in [0.1, 0.15) is 0 Å². The second kappa shape index (κ2) is 5.17. The minimum atomic E-state index is -0.178. The number of hydrogen-bond acceptors (Lipinski definition) is 2. The summed E-state index contributed by atoms with van der Waals surface area (Å²) in [5, 5.41) is 3.63. The average molecular weight is 224 g/mol. The summed E-state index contributed by atoms with van der Waals surface area (Å²) in [5.74, 6) is -0.178. The minimum absolute atomic E-state index is 0.178. The Kier molecular flexibility index (Phi) is 3.85. The number of carbonyl (C=O) groups is 1. The summed E-state index contributed by atoms with van der Waals surface area (Å²) in [6, 6.07) is 0.723. The molecule has 1 spiro atoms. The number of rotatable bonds is 5. The lowest BCUT2D eigenvalue weighted by atomic mass is 9.57. The van der Waals surface area contributed by atoms with Crippen molar-refractivity contribution in [3.8, 4) is 0 Å². The van der Waals surface area contributed by atoms with E-state index in [-0.39, 0.29) is 5.91 Å². The molecule has 3 nitrogen and oxygen atoms in total. The summed E-state index contributed by atoms with van der Waals surface area (Å²) >= 11 is 0. The van der Waals surface area contributed by atoms with Crippen molar-refractivity contribution < 1.29 is 4.79 Å². The number of hydrogen-bond donors (Lipinski definition) is 2. The molecule has 0 radical (unpaired) electrons. The highest BCUT2D eigenvalue weighted by atomic mass is 16.1. The summed E-state index contributed by atoms with van der Waals surface area (Å²) < 4.78 is 0. The zero-order chi connectivity index (χ0) is 11.4. The van der Waals surface area contributed by atoms with Gasteiger partial charge in [-0.25, -0.2) is 0 Å². The van der Waals surface area contributed by atoms with Crippen molar-refractivity contribution in [2.75, 3.05) is 6.54 Å². The van der Waals surface area contributed by atoms with Gasteiger partial charge in [0.2, 0.25) is 5.91 Å². The summed E-state index contributed by atoms with van der Waals surface area (Å²) in [5.41, 5.74) is 5.76. The Balaban J connectivity index is 1.68. The fourth-order valence-corrected chi connectivity index (χ4v) is 3.41. The van der Waals surface area contributed by atoms with Gasteiger partial charge in [-0.15, -0.1) is 0 Å². The van der Waals surface area contributed by atoms with Crippen LogP contribution in [0.5, 0.6) is 0 Å². The van der Waals surface area contributed by atoms with Crippen LogP contribution in [-0.4, -0.2) is 18.5 Å². The lowest BCUT2D eigenvalue weighted by Gasteiger charge is -2.52. The van der Waals surface area contributed by atoms with Crippen LogP contribution < -0.4 is 11.1 Å². The van der Waals surface area contributed by atoms with Gasteiger partial charge in [0.25, 0.3) is 0 Å². The Morgan fingerprint density at radius 2 is 2.00 bits per heavy atom. The molecular weight excluding hydrogens is 200 g/mol. The Morgan fingerprint density at radius 1 is 1.25 bits per heavy atom. The van der Waals surface area contributed by atoms with E-state index in [1.54, 1.807) is 0 Å². The average Bonchev–Trinajstić information content (AvgIpc) is 2.28. The SMILES string of the molecule is NC(=O)CCCNC1CCC12CCCCC2. The Labute approximate surface area is 98.2 Å². The van der Waals surface area contributed by atoms with E-state index in [2.05, 4.69) is 5.32 Å². The van der Waals surface area contributed by atoms with Crippen LogP contribution in [0.25, 0.3) is 0 Å². The van der Waals surface area contributed by atoms with E-state index in [9.17, 15) is 4.79 Å². The van der Waals surface area contributed by atoms with Gasteiger partial charge in [-0.1, -0.05) is 19.3 Å². The molecule has 0 saturated heterocycles. The number of amides is 1. The highest BCUT2D eigenvalue weighted by molar-refractivity contribution is 5.73. The van der Waals surface area contributed by atoms with Crippen LogP contribution in [-0.2, 0) is 4.79 Å². The van der Waals surface area contributed by atoms with Crippen molar-refractivity contribution in [1.29, 1.82) is 0 Å². The molecule has 0 heterocycles. The largest absolute Gasteiger partial charge is 0.370 e. The van der Waals surface area contributed by atoms with Crippen LogP contribution in [0.4, 0.5) is 0 Å². The van der Waals surface area contributed by atoms with Crippen molar-refractivity contribution in [3.63, 3.8) is 0 Å². The van der Waals surface area contributed by atoms with Crippen LogP contribution in [0, 0.1) is 5.41 Å². The van der Waals surface area contributed by atoms with Crippen molar-refractivity contribution in [1.82, 2.24) is 5.32 Å². The lowest BCUT2D eigenvalue weighted by Crippen LogP contribution is -2.54. The molecule has 0 aromatic rings. The van der Waals surface area contributed by atoms with Gasteiger partial charge in [0, 0.05) is 12.5 Å². The number of nitrogens with two attached hydrogens (primary N) is 1. The fraction of sp³-hybridized carbons (Fsp3) is 0.923. The highest BCUT2D eigenvalue weighted by Gasteiger charge is 2.46. The molecule has 0 aromatic heterocycles. The standard InChI is InChI=1S/C13H24N2O/c14-12(16)5-4-10-15-11-6-9-13(11)7-2-1-3-8-13/h11,15H,1-10H2,(H2,14,16). The predicted molar refractivity (Wildman–Crippen MR) is 65.0 cm³/mol. The first-order valence-corrected chi connectivity index (χ1v) is 6.75. The number of carbonyl (C=O) groups excluding carboxylic acids is 1. The van der Waals surface area contributed by atoms with E-state index in [4.69, 9.17) is 5.73 Å². The Hall–Kier alpha value is -0.570. The van der Waals surface area contributed by atoms with E-state index >= 15 is 0 Å². The quantitative estimate of drug-likeness (QED) is 0.701. The zero-order valence-corrected chi connectivity index (χ0v) is 10.1. The van der Waals surface area contributed by atoms with Crippen LogP contribution in [0.15, 0.2) is 0 Å². The molecule has 0 bridgehead atoms. The maximum atomic E-state index is 10.6. The van der Waals surface area contributed by atoms with E-state index in [0.29, 0.717) is 11.8 Å². The first-order chi connectivity index (χ1) is 7.73. The molecule has 1 unspecified atom stereocenters. The van der Waals surface area contributed by atoms with Gasteiger partial charge in [0.05, 0.1) is 0 Å². The predicted octanol–water partition coefficient (Wildman–Crippen LogP) is 1.95. The molecular formula is C13H24N2O. The molecule has 2 rings (SSSR count). The van der Waals surface area contributed by atoms with Gasteiger partial charge >= 0.3 is 0 Å².